The summed E-state index contributed by atoms with van der Waals surface area (Å²) in [6, 6.07) is 13.6. The van der Waals surface area contributed by atoms with Crippen molar-refractivity contribution in [3.63, 3.8) is 0 Å². The lowest BCUT2D eigenvalue weighted by Crippen LogP contribution is -2.28. The molecule has 0 aliphatic rings. The highest BCUT2D eigenvalue weighted by Gasteiger charge is 2.29. The van der Waals surface area contributed by atoms with Gasteiger partial charge in [0.1, 0.15) is 11.9 Å². The second-order valence-corrected chi connectivity index (χ2v) is 7.02. The number of carbonyl (C=O) groups excluding carboxylic acids is 2. The minimum absolute atomic E-state index is 0.0901. The van der Waals surface area contributed by atoms with Crippen molar-refractivity contribution in [2.45, 2.75) is 19.1 Å². The van der Waals surface area contributed by atoms with Crippen LogP contribution in [0.4, 0.5) is 10.5 Å². The van der Waals surface area contributed by atoms with E-state index in [0.29, 0.717) is 11.3 Å². The third kappa shape index (κ3) is 7.04. The zero-order chi connectivity index (χ0) is 21.2. The highest BCUT2D eigenvalue weighted by Crippen LogP contribution is 2.33. The lowest BCUT2D eigenvalue weighted by atomic mass is 10.0. The molecule has 0 aromatic heterocycles. The van der Waals surface area contributed by atoms with E-state index in [1.54, 1.807) is 43.3 Å². The molecule has 29 heavy (non-hydrogen) atoms. The maximum absolute atomic E-state index is 12.5. The molecule has 0 fully saturated rings. The summed E-state index contributed by atoms with van der Waals surface area (Å²) in [5, 5.41) is 21.6. The average Bonchev–Trinajstić information content (AvgIpc) is 2.72. The molecule has 0 unspecified atom stereocenters. The molecule has 0 heterocycles. The second-order valence-electron chi connectivity index (χ2n) is 5.78. The first-order valence-electron chi connectivity index (χ1n) is 8.69. The van der Waals surface area contributed by atoms with Crippen LogP contribution in [0.2, 0.25) is 0 Å². The Morgan fingerprint density at radius 1 is 1.21 bits per heavy atom. The lowest BCUT2D eigenvalue weighted by Gasteiger charge is -2.26. The van der Waals surface area contributed by atoms with Gasteiger partial charge >= 0.3 is 6.09 Å². The van der Waals surface area contributed by atoms with E-state index in [1.165, 1.54) is 17.6 Å². The van der Waals surface area contributed by atoms with Crippen molar-refractivity contribution in [1.82, 2.24) is 5.48 Å². The summed E-state index contributed by atoms with van der Waals surface area (Å²) < 4.78 is 12.0. The molecule has 2 amide bonds. The molecule has 9 heteroatoms. The van der Waals surface area contributed by atoms with Crippen molar-refractivity contribution in [3.05, 3.63) is 69.8 Å². The van der Waals surface area contributed by atoms with Gasteiger partial charge in [-0.05, 0) is 65.9 Å². The first kappa shape index (κ1) is 22.7. The van der Waals surface area contributed by atoms with E-state index >= 15 is 0 Å². The number of amides is 2. The van der Waals surface area contributed by atoms with Crippen LogP contribution < -0.4 is 10.8 Å². The number of halogens is 1. The van der Waals surface area contributed by atoms with Gasteiger partial charge in [0.05, 0.1) is 0 Å². The number of phenols is 1. The van der Waals surface area contributed by atoms with Gasteiger partial charge in [-0.15, -0.1) is 0 Å². The van der Waals surface area contributed by atoms with Crippen LogP contribution in [0.5, 0.6) is 5.75 Å². The number of benzene rings is 2. The van der Waals surface area contributed by atoms with Gasteiger partial charge in [0.15, 0.2) is 6.10 Å². The van der Waals surface area contributed by atoms with Crippen LogP contribution >= 0.6 is 22.6 Å². The topological polar surface area (TPSA) is 117 Å². The molecule has 2 aromatic carbocycles. The number of para-hydroxylation sites is 1. The molecule has 2 aromatic rings. The van der Waals surface area contributed by atoms with Crippen LogP contribution in [-0.2, 0) is 14.3 Å². The Morgan fingerprint density at radius 3 is 2.59 bits per heavy atom. The summed E-state index contributed by atoms with van der Waals surface area (Å²) in [6.45, 7) is 1.99. The smallest absolute Gasteiger partial charge is 0.412 e. The molecular formula is C20H21IN2O6. The lowest BCUT2D eigenvalue weighted by molar-refractivity contribution is -0.124. The highest BCUT2D eigenvalue weighted by molar-refractivity contribution is 14.1. The summed E-state index contributed by atoms with van der Waals surface area (Å²) in [5.41, 5.74) is 2.33. The molecule has 4 N–H and O–H groups in total. The van der Waals surface area contributed by atoms with Crippen LogP contribution in [0, 0.1) is 3.57 Å². The van der Waals surface area contributed by atoms with Gasteiger partial charge < -0.3 is 14.6 Å². The molecule has 154 valence electrons. The summed E-state index contributed by atoms with van der Waals surface area (Å²) in [7, 11) is 0. The first-order valence-corrected chi connectivity index (χ1v) is 9.77. The Labute approximate surface area is 181 Å². The summed E-state index contributed by atoms with van der Waals surface area (Å²) in [5.74, 6) is -0.860. The van der Waals surface area contributed by atoms with Crippen molar-refractivity contribution in [3.8, 4) is 5.75 Å². The van der Waals surface area contributed by atoms with E-state index in [0.717, 1.165) is 9.65 Å². The van der Waals surface area contributed by atoms with Crippen LogP contribution in [0.15, 0.2) is 60.7 Å². The molecule has 8 nitrogen and oxygen atoms in total. The maximum Gasteiger partial charge on any atom is 0.412 e. The Morgan fingerprint density at radius 2 is 1.93 bits per heavy atom. The van der Waals surface area contributed by atoms with Crippen molar-refractivity contribution < 1.29 is 29.4 Å². The first-order chi connectivity index (χ1) is 13.9. The predicted octanol–water partition coefficient (Wildman–Crippen LogP) is 3.75. The molecule has 0 radical (unpaired) electrons. The third-order valence-electron chi connectivity index (χ3n) is 3.76. The van der Waals surface area contributed by atoms with Gasteiger partial charge in [0, 0.05) is 27.5 Å². The molecule has 0 bridgehead atoms. The largest absolute Gasteiger partial charge is 0.508 e. The maximum atomic E-state index is 12.5. The van der Waals surface area contributed by atoms with Gasteiger partial charge in [-0.1, -0.05) is 18.2 Å². The van der Waals surface area contributed by atoms with Crippen LogP contribution in [0.1, 0.15) is 18.6 Å². The SMILES string of the molecule is CCO[C@@H](/C=C/C(=O)NO)[C@@H](OC(=O)Nc1ccccc1)c1cc(I)ccc1O. The minimum atomic E-state index is -1.06. The molecule has 0 spiro atoms. The molecule has 2 rings (SSSR count). The second kappa shape index (κ2) is 11.4. The predicted molar refractivity (Wildman–Crippen MR) is 115 cm³/mol. The van der Waals surface area contributed by atoms with E-state index in [-0.39, 0.29) is 12.4 Å². The van der Waals surface area contributed by atoms with Crippen molar-refractivity contribution in [2.75, 3.05) is 11.9 Å². The number of phenolic OH excluding ortho intramolecular Hbond substituents is 1. The Balaban J connectivity index is 2.35. The fourth-order valence-corrected chi connectivity index (χ4v) is 3.02. The quantitative estimate of drug-likeness (QED) is 0.185. The van der Waals surface area contributed by atoms with Crippen molar-refractivity contribution in [2.24, 2.45) is 0 Å². The summed E-state index contributed by atoms with van der Waals surface area (Å²) in [4.78, 5) is 23.9. The van der Waals surface area contributed by atoms with Crippen LogP contribution in [0.25, 0.3) is 0 Å². The van der Waals surface area contributed by atoms with Gasteiger partial charge in [-0.2, -0.15) is 0 Å². The number of carbonyl (C=O) groups is 2. The number of anilines is 1. The van der Waals surface area contributed by atoms with Gasteiger partial charge in [-0.25, -0.2) is 10.3 Å². The number of nitrogens with one attached hydrogen (secondary N) is 2. The zero-order valence-electron chi connectivity index (χ0n) is 15.5. The highest BCUT2D eigenvalue weighted by atomic mass is 127. The number of hydroxylamine groups is 1. The fourth-order valence-electron chi connectivity index (χ4n) is 2.50. The number of rotatable bonds is 8. The molecule has 2 atom stereocenters. The van der Waals surface area contributed by atoms with E-state index in [9.17, 15) is 14.7 Å². The number of aromatic hydroxyl groups is 1. The Bertz CT molecular complexity index is 859. The van der Waals surface area contributed by atoms with Gasteiger partial charge in [0.25, 0.3) is 5.91 Å². The van der Waals surface area contributed by atoms with Gasteiger partial charge in [0.2, 0.25) is 0 Å². The zero-order valence-corrected chi connectivity index (χ0v) is 17.7. The molecule has 0 aliphatic heterocycles. The third-order valence-corrected chi connectivity index (χ3v) is 4.43. The van der Waals surface area contributed by atoms with Crippen LogP contribution in [-0.4, -0.2) is 35.0 Å². The molecule has 0 saturated carbocycles. The van der Waals surface area contributed by atoms with Crippen LogP contribution in [0.3, 0.4) is 0 Å². The van der Waals surface area contributed by atoms with E-state index in [1.807, 2.05) is 6.07 Å². The fraction of sp³-hybridized carbons (Fsp3) is 0.200. The van der Waals surface area contributed by atoms with Crippen molar-refractivity contribution in [1.29, 1.82) is 0 Å². The number of ether oxygens (including phenoxy) is 2. The number of hydrogen-bond acceptors (Lipinski definition) is 6. The molecular weight excluding hydrogens is 491 g/mol. The van der Waals surface area contributed by atoms with Crippen molar-refractivity contribution >= 4 is 40.3 Å². The minimum Gasteiger partial charge on any atom is -0.508 e. The summed E-state index contributed by atoms with van der Waals surface area (Å²) >= 11 is 2.07. The Hall–Kier alpha value is -2.63. The molecule has 0 saturated heterocycles. The van der Waals surface area contributed by atoms with E-state index < -0.39 is 24.2 Å². The van der Waals surface area contributed by atoms with Gasteiger partial charge in [-0.3, -0.25) is 15.3 Å². The van der Waals surface area contributed by atoms with E-state index in [2.05, 4.69) is 27.9 Å². The summed E-state index contributed by atoms with van der Waals surface area (Å²) in [6.07, 6.45) is -0.325. The molecule has 0 aliphatic carbocycles. The van der Waals surface area contributed by atoms with E-state index in [4.69, 9.17) is 14.7 Å². The monoisotopic (exact) mass is 512 g/mol. The average molecular weight is 512 g/mol. The standard InChI is InChI=1S/C20H21IN2O6/c1-2-28-17(10-11-18(25)23-27)19(15-12-13(21)8-9-16(15)24)29-20(26)22-14-6-4-3-5-7-14/h3-12,17,19,24,27H,2H2,1H3,(H,22,26)(H,23,25)/b11-10+/t17-,19-/m0/s1. The number of hydrogen-bond donors (Lipinski definition) is 4. The normalized spacial score (nSPS) is 12.9. The Kier molecular flexibility index (Phi) is 8.90.